The van der Waals surface area contributed by atoms with Gasteiger partial charge in [-0.3, -0.25) is 14.4 Å². The zero-order valence-corrected chi connectivity index (χ0v) is 35.5. The van der Waals surface area contributed by atoms with Gasteiger partial charge in [-0.1, -0.05) is 60.1 Å². The van der Waals surface area contributed by atoms with Crippen molar-refractivity contribution >= 4 is 29.9 Å². The standard InChI is InChI=1S/C43H69N3O10/c1-24(2)25(3)39(6)18-19-41(8)28-14-15-32-40(7)22-54-23-43(32,29(28)16-17-42(41,9)33(39)35(48)49)21-31(55-27(5)47)34(40)56-37(51)30(44)13-11-12-20-45-38(52)46-26(4)36(50)53-10/h16,24-26,28,30-34H,11-15,17-23,44H2,1-10H3,(H,48,49)(H2,45,46,52)/t25-,26?,28+,30?,31-,32+,33-,34+,39-,40+,41-,42+,43+/m1/s1. The molecular weight excluding hydrogens is 718 g/mol. The highest BCUT2D eigenvalue weighted by molar-refractivity contribution is 5.83. The molecular formula is C43H69N3O10. The van der Waals surface area contributed by atoms with Gasteiger partial charge >= 0.3 is 29.9 Å². The number of nitrogens with two attached hydrogens (primary N) is 1. The number of nitrogens with one attached hydrogen (secondary N) is 2. The highest BCUT2D eigenvalue weighted by Crippen LogP contribution is 2.75. The molecule has 5 aliphatic rings. The van der Waals surface area contributed by atoms with Crippen LogP contribution in [-0.2, 0) is 38.1 Å². The number of allylic oxidation sites excluding steroid dienone is 1. The highest BCUT2D eigenvalue weighted by atomic mass is 16.6. The molecule has 2 amide bonds. The summed E-state index contributed by atoms with van der Waals surface area (Å²) in [5.74, 6) is -1.94. The second-order valence-corrected chi connectivity index (χ2v) is 19.3. The molecule has 316 valence electrons. The number of methoxy groups -OCH3 is 1. The van der Waals surface area contributed by atoms with Crippen molar-refractivity contribution in [2.75, 3.05) is 26.9 Å². The molecule has 4 fully saturated rings. The Balaban J connectivity index is 1.35. The third-order valence-corrected chi connectivity index (χ3v) is 16.1. The van der Waals surface area contributed by atoms with E-state index in [4.69, 9.17) is 19.9 Å². The first-order chi connectivity index (χ1) is 26.1. The molecule has 0 aromatic heterocycles. The number of aliphatic carboxylic acids is 1. The molecule has 0 radical (unpaired) electrons. The van der Waals surface area contributed by atoms with E-state index in [-0.39, 0.29) is 28.6 Å². The van der Waals surface area contributed by atoms with Crippen LogP contribution in [0.3, 0.4) is 0 Å². The minimum Gasteiger partial charge on any atom is -0.481 e. The number of fused-ring (bicyclic) bond motifs is 3. The van der Waals surface area contributed by atoms with Gasteiger partial charge in [0.1, 0.15) is 24.3 Å². The molecule has 0 aromatic carbocycles. The number of rotatable bonds is 13. The zero-order chi connectivity index (χ0) is 41.6. The Morgan fingerprint density at radius 1 is 0.964 bits per heavy atom. The molecule has 5 N–H and O–H groups in total. The monoisotopic (exact) mass is 787 g/mol. The summed E-state index contributed by atoms with van der Waals surface area (Å²) in [6.45, 7) is 19.6. The number of carboxylic acid groups (broad SMARTS) is 1. The Bertz CT molecular complexity index is 1570. The average Bonchev–Trinajstić information content (AvgIpc) is 3.12. The van der Waals surface area contributed by atoms with Crippen LogP contribution in [0.2, 0.25) is 0 Å². The van der Waals surface area contributed by atoms with Crippen LogP contribution in [0.15, 0.2) is 11.6 Å². The van der Waals surface area contributed by atoms with E-state index in [1.165, 1.54) is 26.5 Å². The Hall–Kier alpha value is -3.19. The maximum atomic E-state index is 13.7. The number of carbonyl (C=O) groups excluding carboxylic acids is 4. The first kappa shape index (κ1) is 43.9. The molecule has 13 nitrogen and oxygen atoms in total. The van der Waals surface area contributed by atoms with Gasteiger partial charge in [0.25, 0.3) is 0 Å². The number of unbranched alkanes of at least 4 members (excludes halogenated alkanes) is 1. The summed E-state index contributed by atoms with van der Waals surface area (Å²) in [7, 11) is 1.25. The number of hydrogen-bond acceptors (Lipinski definition) is 10. The SMILES string of the molecule is COC(=O)C(C)NC(=O)NCCCCC(N)C(=O)O[C@H]1[C@H](OC(C)=O)C[C@@]23COC[C@@]1(C)[C@@H]2CC[C@H]1C3=CC[C@@]2(C)[C@H](C(=O)O)[C@@](C)([C@H](C)C(C)C)CC[C@]12C. The third kappa shape index (κ3) is 7.37. The van der Waals surface area contributed by atoms with Crippen LogP contribution in [0.25, 0.3) is 0 Å². The van der Waals surface area contributed by atoms with Crippen molar-refractivity contribution in [1.82, 2.24) is 10.6 Å². The van der Waals surface area contributed by atoms with Gasteiger partial charge in [-0.25, -0.2) is 9.59 Å². The van der Waals surface area contributed by atoms with Crippen LogP contribution in [0.4, 0.5) is 4.79 Å². The van der Waals surface area contributed by atoms with Crippen molar-refractivity contribution < 1.29 is 48.0 Å². The van der Waals surface area contributed by atoms with Crippen LogP contribution in [0.5, 0.6) is 0 Å². The molecule has 5 rings (SSSR count). The predicted molar refractivity (Wildman–Crippen MR) is 209 cm³/mol. The van der Waals surface area contributed by atoms with Gasteiger partial charge in [0, 0.05) is 24.3 Å². The molecule has 2 unspecified atom stereocenters. The summed E-state index contributed by atoms with van der Waals surface area (Å²) in [4.78, 5) is 63.4. The van der Waals surface area contributed by atoms with Gasteiger partial charge < -0.3 is 40.4 Å². The number of carboxylic acids is 1. The van der Waals surface area contributed by atoms with E-state index >= 15 is 0 Å². The first-order valence-electron chi connectivity index (χ1n) is 20.9. The summed E-state index contributed by atoms with van der Waals surface area (Å²) < 4.78 is 23.5. The fraction of sp³-hybridized carbons (Fsp3) is 0.837. The van der Waals surface area contributed by atoms with E-state index in [1.54, 1.807) is 0 Å². The van der Waals surface area contributed by atoms with E-state index in [0.717, 1.165) is 25.7 Å². The van der Waals surface area contributed by atoms with E-state index in [9.17, 15) is 29.1 Å². The smallest absolute Gasteiger partial charge is 0.328 e. The van der Waals surface area contributed by atoms with Crippen LogP contribution in [-0.4, -0.2) is 86.2 Å². The lowest BCUT2D eigenvalue weighted by atomic mass is 9.34. The summed E-state index contributed by atoms with van der Waals surface area (Å²) >= 11 is 0. The second-order valence-electron chi connectivity index (χ2n) is 19.3. The van der Waals surface area contributed by atoms with E-state index in [1.807, 2.05) is 0 Å². The number of hydrogen-bond donors (Lipinski definition) is 4. The quantitative estimate of drug-likeness (QED) is 0.0766. The molecule has 56 heavy (non-hydrogen) atoms. The van der Waals surface area contributed by atoms with E-state index < -0.39 is 76.4 Å². The van der Waals surface area contributed by atoms with Crippen molar-refractivity contribution in [2.45, 2.75) is 144 Å². The van der Waals surface area contributed by atoms with E-state index in [2.05, 4.69) is 69.9 Å². The second kappa shape index (κ2) is 16.2. The number of ether oxygens (including phenoxy) is 4. The van der Waals surface area contributed by atoms with E-state index in [0.29, 0.717) is 57.8 Å². The van der Waals surface area contributed by atoms with Crippen molar-refractivity contribution in [2.24, 2.45) is 62.4 Å². The number of amides is 2. The van der Waals surface area contributed by atoms with Gasteiger partial charge in [0.15, 0.2) is 0 Å². The Morgan fingerprint density at radius 3 is 2.29 bits per heavy atom. The van der Waals surface area contributed by atoms with Crippen LogP contribution in [0, 0.1) is 56.7 Å². The minimum atomic E-state index is -0.923. The molecule has 13 atom stereocenters. The molecule has 3 saturated carbocycles. The molecule has 0 spiro atoms. The summed E-state index contributed by atoms with van der Waals surface area (Å²) in [5, 5.41) is 16.2. The Labute approximate surface area is 333 Å². The fourth-order valence-electron chi connectivity index (χ4n) is 12.6. The minimum absolute atomic E-state index is 0.0873. The molecule has 1 aliphatic heterocycles. The predicted octanol–water partition coefficient (Wildman–Crippen LogP) is 5.78. The van der Waals surface area contributed by atoms with Crippen LogP contribution >= 0.6 is 0 Å². The van der Waals surface area contributed by atoms with Gasteiger partial charge in [-0.05, 0) is 105 Å². The largest absolute Gasteiger partial charge is 0.481 e. The normalized spacial score (nSPS) is 38.9. The average molecular weight is 788 g/mol. The lowest BCUT2D eigenvalue weighted by Gasteiger charge is -2.71. The van der Waals surface area contributed by atoms with Gasteiger partial charge in [-0.15, -0.1) is 0 Å². The number of esters is 3. The topological polar surface area (TPSA) is 193 Å². The van der Waals surface area contributed by atoms with Crippen LogP contribution < -0.4 is 16.4 Å². The Kier molecular flexibility index (Phi) is 12.7. The summed E-state index contributed by atoms with van der Waals surface area (Å²) in [5.41, 5.74) is 5.50. The fourth-order valence-corrected chi connectivity index (χ4v) is 12.6. The maximum absolute atomic E-state index is 13.7. The van der Waals surface area contributed by atoms with Crippen LogP contribution in [0.1, 0.15) is 120 Å². The third-order valence-electron chi connectivity index (χ3n) is 16.1. The summed E-state index contributed by atoms with van der Waals surface area (Å²) in [6.07, 6.45) is 6.92. The lowest BCUT2D eigenvalue weighted by molar-refractivity contribution is -0.263. The van der Waals surface area contributed by atoms with Crippen molar-refractivity contribution in [3.05, 3.63) is 11.6 Å². The van der Waals surface area contributed by atoms with Crippen molar-refractivity contribution in [3.63, 3.8) is 0 Å². The lowest BCUT2D eigenvalue weighted by Crippen LogP contribution is -2.70. The molecule has 2 bridgehead atoms. The van der Waals surface area contributed by atoms with Crippen molar-refractivity contribution in [1.29, 1.82) is 0 Å². The molecule has 1 saturated heterocycles. The van der Waals surface area contributed by atoms with Gasteiger partial charge in [0.2, 0.25) is 0 Å². The van der Waals surface area contributed by atoms with Gasteiger partial charge in [0.05, 0.1) is 26.2 Å². The number of carbonyl (C=O) groups is 5. The maximum Gasteiger partial charge on any atom is 0.328 e. The Morgan fingerprint density at radius 2 is 1.66 bits per heavy atom. The number of urea groups is 1. The van der Waals surface area contributed by atoms with Gasteiger partial charge in [-0.2, -0.15) is 0 Å². The van der Waals surface area contributed by atoms with Crippen molar-refractivity contribution in [3.8, 4) is 0 Å². The molecule has 0 aromatic rings. The highest BCUT2D eigenvalue weighted by Gasteiger charge is 2.72. The molecule has 1 heterocycles. The summed E-state index contributed by atoms with van der Waals surface area (Å²) in [6, 6.07) is -2.20. The zero-order valence-electron chi connectivity index (χ0n) is 35.5. The molecule has 4 aliphatic carbocycles. The molecule has 13 heteroatoms. The first-order valence-corrected chi connectivity index (χ1v) is 20.9.